The van der Waals surface area contributed by atoms with Gasteiger partial charge in [-0.1, -0.05) is 33.8 Å². The van der Waals surface area contributed by atoms with Crippen LogP contribution in [0.4, 0.5) is 14.5 Å². The van der Waals surface area contributed by atoms with E-state index in [9.17, 15) is 13.6 Å². The minimum atomic E-state index is -0.773. The van der Waals surface area contributed by atoms with Gasteiger partial charge in [-0.2, -0.15) is 0 Å². The molecule has 0 aliphatic carbocycles. The normalized spacial score (nSPS) is 11.5. The van der Waals surface area contributed by atoms with Gasteiger partial charge >= 0.3 is 0 Å². The highest BCUT2D eigenvalue weighted by Gasteiger charge is 2.17. The van der Waals surface area contributed by atoms with Gasteiger partial charge in [-0.05, 0) is 36.4 Å². The summed E-state index contributed by atoms with van der Waals surface area (Å²) in [6.45, 7) is 9.29. The molecule has 3 nitrogen and oxygen atoms in total. The number of anilines is 1. The molecule has 0 aliphatic heterocycles. The fourth-order valence-electron chi connectivity index (χ4n) is 2.39. The summed E-state index contributed by atoms with van der Waals surface area (Å²) < 4.78 is 26.8. The van der Waals surface area contributed by atoms with Crippen LogP contribution in [0.1, 0.15) is 27.7 Å². The molecule has 0 fully saturated rings. The van der Waals surface area contributed by atoms with Crippen LogP contribution in [0, 0.1) is 29.4 Å². The van der Waals surface area contributed by atoms with Gasteiger partial charge < -0.3 is 10.6 Å². The molecule has 0 spiro atoms. The van der Waals surface area contributed by atoms with Gasteiger partial charge in [0.1, 0.15) is 17.3 Å². The summed E-state index contributed by atoms with van der Waals surface area (Å²) in [4.78, 5) is 11.7. The molecule has 0 atom stereocenters. The summed E-state index contributed by atoms with van der Waals surface area (Å²) in [5.41, 5.74) is -0.395. The van der Waals surface area contributed by atoms with Crippen LogP contribution in [0.25, 0.3) is 0 Å². The molecule has 0 bridgehead atoms. The fourth-order valence-corrected chi connectivity index (χ4v) is 2.39. The minimum absolute atomic E-state index is 0.0315. The minimum Gasteiger partial charge on any atom is -0.320 e. The number of rotatable bonds is 7. The second-order valence-corrected chi connectivity index (χ2v) is 5.93. The van der Waals surface area contributed by atoms with Crippen molar-refractivity contribution in [1.82, 2.24) is 5.32 Å². The number of nitrogens with one attached hydrogen (secondary N) is 2. The number of para-hydroxylation sites is 1. The van der Waals surface area contributed by atoms with Crippen LogP contribution in [0.3, 0.4) is 0 Å². The first-order chi connectivity index (χ1) is 9.82. The molecule has 1 aromatic carbocycles. The van der Waals surface area contributed by atoms with Crippen molar-refractivity contribution in [2.24, 2.45) is 17.8 Å². The van der Waals surface area contributed by atoms with E-state index in [2.05, 4.69) is 38.3 Å². The van der Waals surface area contributed by atoms with Gasteiger partial charge in [-0.3, -0.25) is 4.79 Å². The van der Waals surface area contributed by atoms with Crippen molar-refractivity contribution in [3.8, 4) is 0 Å². The number of hydrogen-bond acceptors (Lipinski definition) is 2. The lowest BCUT2D eigenvalue weighted by Gasteiger charge is -2.25. The Bertz CT molecular complexity index is 447. The maximum Gasteiger partial charge on any atom is 0.238 e. The van der Waals surface area contributed by atoms with Gasteiger partial charge in [0.05, 0.1) is 6.54 Å². The number of carbonyl (C=O) groups is 1. The van der Waals surface area contributed by atoms with E-state index in [0.29, 0.717) is 24.3 Å². The summed E-state index contributed by atoms with van der Waals surface area (Å²) in [5, 5.41) is 5.31. The third kappa shape index (κ3) is 5.42. The van der Waals surface area contributed by atoms with Crippen LogP contribution in [0.15, 0.2) is 18.2 Å². The predicted octanol–water partition coefficient (Wildman–Crippen LogP) is 3.42. The molecule has 0 saturated carbocycles. The van der Waals surface area contributed by atoms with Gasteiger partial charge in [0.15, 0.2) is 0 Å². The Hall–Kier alpha value is -1.49. The van der Waals surface area contributed by atoms with Crippen LogP contribution < -0.4 is 10.6 Å². The van der Waals surface area contributed by atoms with E-state index in [1.54, 1.807) is 0 Å². The summed E-state index contributed by atoms with van der Waals surface area (Å²) in [5.74, 6) is -0.543. The van der Waals surface area contributed by atoms with Crippen molar-refractivity contribution < 1.29 is 13.6 Å². The average molecular weight is 298 g/mol. The second-order valence-electron chi connectivity index (χ2n) is 5.93. The maximum atomic E-state index is 13.4. The molecule has 118 valence electrons. The van der Waals surface area contributed by atoms with E-state index in [0.717, 1.165) is 12.1 Å². The highest BCUT2D eigenvalue weighted by Crippen LogP contribution is 2.19. The van der Waals surface area contributed by atoms with Crippen LogP contribution in [0.2, 0.25) is 0 Å². The van der Waals surface area contributed by atoms with Crippen molar-refractivity contribution >= 4 is 11.6 Å². The molecule has 0 radical (unpaired) electrons. The Morgan fingerprint density at radius 3 is 2.10 bits per heavy atom. The summed E-state index contributed by atoms with van der Waals surface area (Å²) in [6.07, 6.45) is 0. The zero-order valence-corrected chi connectivity index (χ0v) is 13.0. The standard InChI is InChI=1S/C16H24F2N2O/c1-10(2)12(11(3)4)8-19-9-15(21)20-16-13(17)6-5-7-14(16)18/h5-7,10-12,19H,8-9H2,1-4H3,(H,20,21). The van der Waals surface area contributed by atoms with Crippen molar-refractivity contribution in [2.75, 3.05) is 18.4 Å². The molecule has 5 heteroatoms. The van der Waals surface area contributed by atoms with E-state index < -0.39 is 23.2 Å². The van der Waals surface area contributed by atoms with Gasteiger partial charge in [0.25, 0.3) is 0 Å². The average Bonchev–Trinajstić information content (AvgIpc) is 2.38. The first-order valence-corrected chi connectivity index (χ1v) is 7.27. The van der Waals surface area contributed by atoms with Gasteiger partial charge in [-0.15, -0.1) is 0 Å². The third-order valence-corrected chi connectivity index (χ3v) is 3.61. The highest BCUT2D eigenvalue weighted by atomic mass is 19.1. The van der Waals surface area contributed by atoms with Crippen molar-refractivity contribution in [1.29, 1.82) is 0 Å². The number of benzene rings is 1. The predicted molar refractivity (Wildman–Crippen MR) is 81.0 cm³/mol. The number of hydrogen-bond donors (Lipinski definition) is 2. The molecule has 0 saturated heterocycles. The molecule has 0 unspecified atom stereocenters. The first-order valence-electron chi connectivity index (χ1n) is 7.27. The molecule has 0 aromatic heterocycles. The summed E-state index contributed by atoms with van der Waals surface area (Å²) in [6, 6.07) is 3.48. The lowest BCUT2D eigenvalue weighted by atomic mass is 9.85. The van der Waals surface area contributed by atoms with E-state index >= 15 is 0 Å². The Morgan fingerprint density at radius 1 is 1.10 bits per heavy atom. The van der Waals surface area contributed by atoms with Crippen LogP contribution in [0.5, 0.6) is 0 Å². The molecular formula is C16H24F2N2O. The largest absolute Gasteiger partial charge is 0.320 e. The highest BCUT2D eigenvalue weighted by molar-refractivity contribution is 5.92. The van der Waals surface area contributed by atoms with Crippen LogP contribution in [-0.4, -0.2) is 19.0 Å². The molecule has 21 heavy (non-hydrogen) atoms. The Labute approximate surface area is 125 Å². The van der Waals surface area contributed by atoms with Crippen molar-refractivity contribution in [3.63, 3.8) is 0 Å². The fraction of sp³-hybridized carbons (Fsp3) is 0.562. The van der Waals surface area contributed by atoms with E-state index in [4.69, 9.17) is 0 Å². The third-order valence-electron chi connectivity index (χ3n) is 3.61. The van der Waals surface area contributed by atoms with Gasteiger partial charge in [0, 0.05) is 0 Å². The molecule has 0 heterocycles. The van der Waals surface area contributed by atoms with E-state index in [-0.39, 0.29) is 6.54 Å². The second kappa shape index (κ2) is 8.08. The SMILES string of the molecule is CC(C)C(CNCC(=O)Nc1c(F)cccc1F)C(C)C. The quantitative estimate of drug-likeness (QED) is 0.810. The van der Waals surface area contributed by atoms with E-state index in [1.165, 1.54) is 6.07 Å². The van der Waals surface area contributed by atoms with Crippen molar-refractivity contribution in [3.05, 3.63) is 29.8 Å². The lowest BCUT2D eigenvalue weighted by molar-refractivity contribution is -0.115. The number of carbonyl (C=O) groups excluding carboxylic acids is 1. The zero-order chi connectivity index (χ0) is 16.0. The molecule has 1 amide bonds. The van der Waals surface area contributed by atoms with Crippen LogP contribution in [-0.2, 0) is 4.79 Å². The number of halogens is 2. The van der Waals surface area contributed by atoms with E-state index in [1.807, 2.05) is 0 Å². The zero-order valence-electron chi connectivity index (χ0n) is 13.0. The Kier molecular flexibility index (Phi) is 6.75. The topological polar surface area (TPSA) is 41.1 Å². The Morgan fingerprint density at radius 2 is 1.62 bits per heavy atom. The Balaban J connectivity index is 2.48. The molecule has 1 rings (SSSR count). The first kappa shape index (κ1) is 17.6. The molecule has 0 aliphatic rings. The maximum absolute atomic E-state index is 13.4. The molecular weight excluding hydrogens is 274 g/mol. The number of amides is 1. The summed E-state index contributed by atoms with van der Waals surface area (Å²) in [7, 11) is 0. The lowest BCUT2D eigenvalue weighted by Crippen LogP contribution is -2.35. The summed E-state index contributed by atoms with van der Waals surface area (Å²) >= 11 is 0. The molecule has 1 aromatic rings. The monoisotopic (exact) mass is 298 g/mol. The van der Waals surface area contributed by atoms with Crippen LogP contribution >= 0.6 is 0 Å². The molecule has 2 N–H and O–H groups in total. The van der Waals surface area contributed by atoms with Gasteiger partial charge in [-0.25, -0.2) is 8.78 Å². The smallest absolute Gasteiger partial charge is 0.238 e. The van der Waals surface area contributed by atoms with Gasteiger partial charge in [0.2, 0.25) is 5.91 Å². The van der Waals surface area contributed by atoms with Crippen molar-refractivity contribution in [2.45, 2.75) is 27.7 Å².